The van der Waals surface area contributed by atoms with Crippen LogP contribution in [0.15, 0.2) is 140 Å². The summed E-state index contributed by atoms with van der Waals surface area (Å²) in [6, 6.07) is 46.5. The molecule has 2 aromatic heterocycles. The predicted molar refractivity (Wildman–Crippen MR) is 226 cm³/mol. The van der Waals surface area contributed by atoms with Crippen molar-refractivity contribution in [3.63, 3.8) is 0 Å². The number of aliphatic hydroxyl groups is 1. The summed E-state index contributed by atoms with van der Waals surface area (Å²) in [5, 5.41) is 24.7. The highest BCUT2D eigenvalue weighted by Crippen LogP contribution is 2.43. The van der Waals surface area contributed by atoms with E-state index in [1.54, 1.807) is 27.7 Å². The Balaban J connectivity index is 1.20. The maximum absolute atomic E-state index is 13.6. The summed E-state index contributed by atoms with van der Waals surface area (Å²) in [6.07, 6.45) is -0.787. The molecule has 12 heteroatoms. The molecule has 60 heavy (non-hydrogen) atoms. The molecule has 0 fully saturated rings. The lowest BCUT2D eigenvalue weighted by Crippen LogP contribution is -2.39. The van der Waals surface area contributed by atoms with Crippen molar-refractivity contribution in [2.24, 2.45) is 5.41 Å². The van der Waals surface area contributed by atoms with Crippen molar-refractivity contribution >= 4 is 11.9 Å². The first-order chi connectivity index (χ1) is 29.1. The maximum Gasteiger partial charge on any atom is 0.359 e. The second-order valence-electron chi connectivity index (χ2n) is 15.4. The number of ether oxygens (including phenoxy) is 3. The summed E-state index contributed by atoms with van der Waals surface area (Å²) in [4.78, 5) is 30.7. The zero-order valence-corrected chi connectivity index (χ0v) is 34.4. The number of methoxy groups -OCH3 is 1. The SMILES string of the molecule is CCC(O)c1c(C(=O)OCc2ccc(-c3ccccc3-c3nnnn3C(c3ccccc3)(c3ccccc3)c3ccccc3)cc2)nc(COC)n1COC(=O)C(C)(C)C. The molecule has 0 amide bonds. The summed E-state index contributed by atoms with van der Waals surface area (Å²) in [5.74, 6) is -0.275. The molecule has 0 spiro atoms. The Morgan fingerprint density at radius 2 is 1.27 bits per heavy atom. The standard InChI is InChI=1S/C48H48N6O6/c1-6-40(55)43-42(49-41(31-58-5)53(43)32-60-46(57)47(2,3)4)45(56)59-30-33-26-28-34(29-27-33)38-24-16-17-25-39(38)44-50-51-52-54(44)48(35-18-10-7-11-19-35,36-20-12-8-13-21-36)37-22-14-9-15-23-37/h7-29,40,55H,6,30-32H2,1-5H3. The molecule has 1 N–H and O–H groups in total. The lowest BCUT2D eigenvalue weighted by molar-refractivity contribution is -0.157. The Bertz CT molecular complexity index is 2430. The number of tetrazole rings is 1. The van der Waals surface area contributed by atoms with Gasteiger partial charge in [-0.05, 0) is 71.0 Å². The molecule has 0 radical (unpaired) electrons. The Morgan fingerprint density at radius 1 is 0.717 bits per heavy atom. The van der Waals surface area contributed by atoms with Crippen LogP contribution in [0.5, 0.6) is 0 Å². The fourth-order valence-corrected chi connectivity index (χ4v) is 7.33. The molecule has 2 heterocycles. The fourth-order valence-electron chi connectivity index (χ4n) is 7.33. The molecule has 0 aliphatic rings. The first-order valence-corrected chi connectivity index (χ1v) is 19.8. The van der Waals surface area contributed by atoms with Crippen molar-refractivity contribution in [3.8, 4) is 22.5 Å². The zero-order valence-electron chi connectivity index (χ0n) is 34.4. The first kappa shape index (κ1) is 41.4. The van der Waals surface area contributed by atoms with E-state index in [0.717, 1.165) is 38.9 Å². The molecule has 0 bridgehead atoms. The van der Waals surface area contributed by atoms with Gasteiger partial charge in [-0.2, -0.15) is 0 Å². The van der Waals surface area contributed by atoms with Crippen LogP contribution in [0, 0.1) is 5.41 Å². The predicted octanol–water partition coefficient (Wildman–Crippen LogP) is 8.54. The molecular formula is C48H48N6O6. The van der Waals surface area contributed by atoms with Crippen molar-refractivity contribution in [1.82, 2.24) is 29.8 Å². The summed E-state index contributed by atoms with van der Waals surface area (Å²) in [7, 11) is 1.49. The van der Waals surface area contributed by atoms with Gasteiger partial charge in [0.25, 0.3) is 0 Å². The summed E-state index contributed by atoms with van der Waals surface area (Å²) < 4.78 is 20.1. The van der Waals surface area contributed by atoms with Gasteiger partial charge in [-0.3, -0.25) is 9.36 Å². The third-order valence-electron chi connectivity index (χ3n) is 10.4. The Kier molecular flexibility index (Phi) is 12.4. The van der Waals surface area contributed by atoms with Gasteiger partial charge in [0.05, 0.1) is 17.2 Å². The van der Waals surface area contributed by atoms with Crippen LogP contribution in [0.1, 0.15) is 84.5 Å². The lowest BCUT2D eigenvalue weighted by Gasteiger charge is -2.36. The van der Waals surface area contributed by atoms with E-state index in [9.17, 15) is 14.7 Å². The van der Waals surface area contributed by atoms with E-state index in [1.807, 2.05) is 108 Å². The van der Waals surface area contributed by atoms with Crippen LogP contribution in [-0.4, -0.2) is 53.9 Å². The average molecular weight is 805 g/mol. The molecule has 0 aliphatic heterocycles. The average Bonchev–Trinajstić information content (AvgIpc) is 3.91. The number of imidazole rings is 1. The minimum Gasteiger partial charge on any atom is -0.456 e. The van der Waals surface area contributed by atoms with Crippen molar-refractivity contribution in [2.45, 2.75) is 65.7 Å². The van der Waals surface area contributed by atoms with Crippen LogP contribution in [0.25, 0.3) is 22.5 Å². The maximum atomic E-state index is 13.6. The monoisotopic (exact) mass is 804 g/mol. The first-order valence-electron chi connectivity index (χ1n) is 19.8. The second-order valence-corrected chi connectivity index (χ2v) is 15.4. The van der Waals surface area contributed by atoms with Gasteiger partial charge in [0.15, 0.2) is 18.2 Å². The van der Waals surface area contributed by atoms with Crippen LogP contribution in [0.4, 0.5) is 0 Å². The number of rotatable bonds is 15. The molecule has 0 saturated heterocycles. The normalized spacial score (nSPS) is 12.2. The molecule has 12 nitrogen and oxygen atoms in total. The molecule has 0 saturated carbocycles. The Labute approximate surface area is 349 Å². The fraction of sp³-hybridized carbons (Fsp3) is 0.250. The zero-order chi connectivity index (χ0) is 42.3. The van der Waals surface area contributed by atoms with Gasteiger partial charge in [0.2, 0.25) is 0 Å². The van der Waals surface area contributed by atoms with Crippen molar-refractivity contribution in [1.29, 1.82) is 0 Å². The number of carbonyl (C=O) groups is 2. The highest BCUT2D eigenvalue weighted by Gasteiger charge is 2.42. The van der Waals surface area contributed by atoms with Crippen molar-refractivity contribution in [2.75, 3.05) is 7.11 Å². The Morgan fingerprint density at radius 3 is 1.80 bits per heavy atom. The molecule has 1 atom stereocenters. The van der Waals surface area contributed by atoms with E-state index >= 15 is 0 Å². The van der Waals surface area contributed by atoms with E-state index < -0.39 is 29.0 Å². The van der Waals surface area contributed by atoms with Crippen LogP contribution in [0.2, 0.25) is 0 Å². The summed E-state index contributed by atoms with van der Waals surface area (Å²) in [5.41, 5.74) is 4.81. The van der Waals surface area contributed by atoms with E-state index in [-0.39, 0.29) is 37.8 Å². The van der Waals surface area contributed by atoms with Gasteiger partial charge in [-0.1, -0.05) is 146 Å². The van der Waals surface area contributed by atoms with Gasteiger partial charge in [-0.25, -0.2) is 14.5 Å². The Hall–Kier alpha value is -6.76. The number of hydrogen-bond acceptors (Lipinski definition) is 10. The van der Waals surface area contributed by atoms with E-state index in [1.165, 1.54) is 11.7 Å². The van der Waals surface area contributed by atoms with Gasteiger partial charge in [0, 0.05) is 12.7 Å². The minimum atomic E-state index is -1.07. The summed E-state index contributed by atoms with van der Waals surface area (Å²) in [6.45, 7) is 6.73. The molecule has 7 aromatic rings. The van der Waals surface area contributed by atoms with Crippen LogP contribution >= 0.6 is 0 Å². The van der Waals surface area contributed by atoms with E-state index in [4.69, 9.17) is 19.4 Å². The highest BCUT2D eigenvalue weighted by atomic mass is 16.5. The lowest BCUT2D eigenvalue weighted by atomic mass is 9.77. The number of hydrogen-bond donors (Lipinski definition) is 1. The van der Waals surface area contributed by atoms with Crippen LogP contribution < -0.4 is 0 Å². The largest absolute Gasteiger partial charge is 0.456 e. The van der Waals surface area contributed by atoms with Crippen LogP contribution in [0.3, 0.4) is 0 Å². The number of nitrogens with zero attached hydrogens (tertiary/aromatic N) is 6. The molecule has 306 valence electrons. The quantitative estimate of drug-likeness (QED) is 0.0791. The molecular weight excluding hydrogens is 757 g/mol. The topological polar surface area (TPSA) is 143 Å². The van der Waals surface area contributed by atoms with E-state index in [0.29, 0.717) is 11.6 Å². The van der Waals surface area contributed by atoms with Crippen LogP contribution in [-0.2, 0) is 44.5 Å². The molecule has 0 aliphatic carbocycles. The van der Waals surface area contributed by atoms with Gasteiger partial charge >= 0.3 is 11.9 Å². The highest BCUT2D eigenvalue weighted by molar-refractivity contribution is 5.89. The number of aromatic nitrogens is 6. The number of esters is 2. The minimum absolute atomic E-state index is 0.0187. The van der Waals surface area contributed by atoms with Crippen molar-refractivity contribution in [3.05, 3.63) is 179 Å². The smallest absolute Gasteiger partial charge is 0.359 e. The third kappa shape index (κ3) is 8.25. The molecule has 7 rings (SSSR count). The molecule has 1 unspecified atom stereocenters. The van der Waals surface area contributed by atoms with Gasteiger partial charge in [-0.15, -0.1) is 5.10 Å². The number of aliphatic hydroxyl groups excluding tert-OH is 1. The number of benzene rings is 5. The molecule has 5 aromatic carbocycles. The van der Waals surface area contributed by atoms with Gasteiger partial charge < -0.3 is 19.3 Å². The van der Waals surface area contributed by atoms with Gasteiger partial charge in [0.1, 0.15) is 24.6 Å². The van der Waals surface area contributed by atoms with E-state index in [2.05, 4.69) is 51.7 Å². The van der Waals surface area contributed by atoms with Crippen molar-refractivity contribution < 1.29 is 28.9 Å². The number of carbonyl (C=O) groups excluding carboxylic acids is 2. The third-order valence-corrected chi connectivity index (χ3v) is 10.4. The summed E-state index contributed by atoms with van der Waals surface area (Å²) >= 11 is 0. The second kappa shape index (κ2) is 18.0.